The van der Waals surface area contributed by atoms with Crippen molar-refractivity contribution < 1.29 is 18.3 Å². The van der Waals surface area contributed by atoms with Gasteiger partial charge in [0.2, 0.25) is 10.0 Å². The number of aromatic nitrogens is 2. The van der Waals surface area contributed by atoms with Crippen LogP contribution in [-0.2, 0) is 14.8 Å². The number of carboxylic acids is 1. The number of nitrogens with one attached hydrogen (secondary N) is 2. The van der Waals surface area contributed by atoms with Gasteiger partial charge in [-0.3, -0.25) is 4.79 Å². The van der Waals surface area contributed by atoms with Gasteiger partial charge in [-0.05, 0) is 31.0 Å². The highest BCUT2D eigenvalue weighted by atomic mass is 32.2. The summed E-state index contributed by atoms with van der Waals surface area (Å²) in [6.07, 6.45) is 0.991. The van der Waals surface area contributed by atoms with Crippen molar-refractivity contribution in [1.82, 2.24) is 14.3 Å². The van der Waals surface area contributed by atoms with Crippen LogP contribution in [0.5, 0.6) is 0 Å². The molecule has 1 atom stereocenters. The maximum Gasteiger partial charge on any atom is 0.323 e. The van der Waals surface area contributed by atoms with E-state index in [1.165, 1.54) is 22.5 Å². The third-order valence-electron chi connectivity index (χ3n) is 3.86. The Bertz CT molecular complexity index is 882. The SMILES string of the molecule is O=C(O)[C@@H]1CCCN(S(=O)(=O)c2ccc3[nH]c(=O)[nH]c3c2)C1. The Morgan fingerprint density at radius 1 is 1.27 bits per heavy atom. The Labute approximate surface area is 125 Å². The molecular formula is C13H15N3O5S. The highest BCUT2D eigenvalue weighted by Crippen LogP contribution is 2.25. The van der Waals surface area contributed by atoms with Crippen molar-refractivity contribution in [2.75, 3.05) is 13.1 Å². The molecule has 1 aliphatic rings. The molecule has 2 heterocycles. The van der Waals surface area contributed by atoms with Crippen molar-refractivity contribution >= 4 is 27.0 Å². The lowest BCUT2D eigenvalue weighted by Gasteiger charge is -2.29. The van der Waals surface area contributed by atoms with Gasteiger partial charge in [-0.2, -0.15) is 4.31 Å². The standard InChI is InChI=1S/C13H15N3O5S/c17-12(18)8-2-1-5-16(7-8)22(20,21)9-3-4-10-11(6-9)15-13(19)14-10/h3-4,6,8H,1-2,5,7H2,(H,17,18)(H2,14,15,19)/t8-/m1/s1. The fourth-order valence-corrected chi connectivity index (χ4v) is 4.23. The average molecular weight is 325 g/mol. The molecular weight excluding hydrogens is 310 g/mol. The Balaban J connectivity index is 1.96. The molecule has 0 amide bonds. The highest BCUT2D eigenvalue weighted by molar-refractivity contribution is 7.89. The number of aromatic amines is 2. The lowest BCUT2D eigenvalue weighted by molar-refractivity contribution is -0.142. The van der Waals surface area contributed by atoms with Gasteiger partial charge in [-0.25, -0.2) is 13.2 Å². The summed E-state index contributed by atoms with van der Waals surface area (Å²) < 4.78 is 26.5. The van der Waals surface area contributed by atoms with Gasteiger partial charge in [0, 0.05) is 13.1 Å². The van der Waals surface area contributed by atoms with Gasteiger partial charge in [-0.15, -0.1) is 0 Å². The fraction of sp³-hybridized carbons (Fsp3) is 0.385. The number of benzene rings is 1. The molecule has 22 heavy (non-hydrogen) atoms. The first kappa shape index (κ1) is 14.8. The van der Waals surface area contributed by atoms with Crippen molar-refractivity contribution in [3.63, 3.8) is 0 Å². The number of piperidine rings is 1. The Morgan fingerprint density at radius 3 is 2.73 bits per heavy atom. The van der Waals surface area contributed by atoms with E-state index in [0.717, 1.165) is 0 Å². The molecule has 1 aromatic carbocycles. The number of hydrogen-bond donors (Lipinski definition) is 3. The molecule has 1 aliphatic heterocycles. The molecule has 1 fully saturated rings. The Hall–Kier alpha value is -2.13. The Kier molecular flexibility index (Phi) is 3.53. The van der Waals surface area contributed by atoms with E-state index in [-0.39, 0.29) is 11.4 Å². The first-order valence-electron chi connectivity index (χ1n) is 6.83. The van der Waals surface area contributed by atoms with Crippen LogP contribution in [0.1, 0.15) is 12.8 Å². The van der Waals surface area contributed by atoms with Crippen LogP contribution in [-0.4, -0.2) is 46.9 Å². The molecule has 2 aromatic rings. The summed E-state index contributed by atoms with van der Waals surface area (Å²) in [6, 6.07) is 4.30. The first-order valence-corrected chi connectivity index (χ1v) is 8.27. The quantitative estimate of drug-likeness (QED) is 0.751. The molecule has 1 aromatic heterocycles. The van der Waals surface area contributed by atoms with Gasteiger partial charge in [0.25, 0.3) is 0 Å². The minimum Gasteiger partial charge on any atom is -0.481 e. The molecule has 0 bridgehead atoms. The highest BCUT2D eigenvalue weighted by Gasteiger charge is 2.33. The minimum absolute atomic E-state index is 0.0284. The number of imidazole rings is 1. The molecule has 0 radical (unpaired) electrons. The number of fused-ring (bicyclic) bond motifs is 1. The Morgan fingerprint density at radius 2 is 2.00 bits per heavy atom. The van der Waals surface area contributed by atoms with Crippen molar-refractivity contribution in [3.05, 3.63) is 28.7 Å². The van der Waals surface area contributed by atoms with Crippen molar-refractivity contribution in [2.24, 2.45) is 5.92 Å². The third kappa shape index (κ3) is 2.53. The monoisotopic (exact) mass is 325 g/mol. The molecule has 9 heteroatoms. The predicted octanol–water partition coefficient (Wildman–Crippen LogP) is 0.342. The number of aliphatic carboxylic acids is 1. The maximum atomic E-state index is 12.6. The summed E-state index contributed by atoms with van der Waals surface area (Å²) >= 11 is 0. The summed E-state index contributed by atoms with van der Waals surface area (Å²) in [5.41, 5.74) is 0.511. The van der Waals surface area contributed by atoms with Gasteiger partial charge in [0.1, 0.15) is 0 Å². The van der Waals surface area contributed by atoms with E-state index in [9.17, 15) is 18.0 Å². The van der Waals surface area contributed by atoms with E-state index in [4.69, 9.17) is 5.11 Å². The number of rotatable bonds is 3. The normalized spacial score (nSPS) is 20.3. The van der Waals surface area contributed by atoms with Gasteiger partial charge >= 0.3 is 11.7 Å². The van der Waals surface area contributed by atoms with E-state index in [0.29, 0.717) is 30.4 Å². The van der Waals surface area contributed by atoms with Crippen LogP contribution in [0.3, 0.4) is 0 Å². The summed E-state index contributed by atoms with van der Waals surface area (Å²) in [6.45, 7) is 0.271. The van der Waals surface area contributed by atoms with E-state index in [2.05, 4.69) is 9.97 Å². The topological polar surface area (TPSA) is 123 Å². The molecule has 3 N–H and O–H groups in total. The zero-order valence-electron chi connectivity index (χ0n) is 11.6. The van der Waals surface area contributed by atoms with E-state index in [1.54, 1.807) is 0 Å². The first-order chi connectivity index (χ1) is 10.4. The summed E-state index contributed by atoms with van der Waals surface area (Å²) in [5.74, 6) is -1.66. The smallest absolute Gasteiger partial charge is 0.323 e. The van der Waals surface area contributed by atoms with E-state index < -0.39 is 27.6 Å². The fourth-order valence-electron chi connectivity index (χ4n) is 2.68. The molecule has 0 unspecified atom stereocenters. The second-order valence-electron chi connectivity index (χ2n) is 5.33. The summed E-state index contributed by atoms with van der Waals surface area (Å²) in [4.78, 5) is 27.4. The second-order valence-corrected chi connectivity index (χ2v) is 7.26. The number of carboxylic acid groups (broad SMARTS) is 1. The average Bonchev–Trinajstić information content (AvgIpc) is 2.86. The van der Waals surface area contributed by atoms with Crippen LogP contribution >= 0.6 is 0 Å². The molecule has 118 valence electrons. The van der Waals surface area contributed by atoms with E-state index in [1.807, 2.05) is 0 Å². The predicted molar refractivity (Wildman–Crippen MR) is 78.0 cm³/mol. The number of H-pyrrole nitrogens is 2. The maximum absolute atomic E-state index is 12.6. The largest absolute Gasteiger partial charge is 0.481 e. The lowest BCUT2D eigenvalue weighted by Crippen LogP contribution is -2.42. The molecule has 1 saturated heterocycles. The van der Waals surface area contributed by atoms with Crippen LogP contribution in [0, 0.1) is 5.92 Å². The van der Waals surface area contributed by atoms with Crippen molar-refractivity contribution in [2.45, 2.75) is 17.7 Å². The van der Waals surface area contributed by atoms with Crippen LogP contribution in [0.4, 0.5) is 0 Å². The van der Waals surface area contributed by atoms with Crippen LogP contribution in [0.15, 0.2) is 27.9 Å². The van der Waals surface area contributed by atoms with Crippen LogP contribution in [0.2, 0.25) is 0 Å². The molecule has 0 aliphatic carbocycles. The number of hydrogen-bond acceptors (Lipinski definition) is 4. The second kappa shape index (κ2) is 5.25. The third-order valence-corrected chi connectivity index (χ3v) is 5.72. The summed E-state index contributed by atoms with van der Waals surface area (Å²) in [7, 11) is -3.78. The zero-order chi connectivity index (χ0) is 15.9. The zero-order valence-corrected chi connectivity index (χ0v) is 12.4. The summed E-state index contributed by atoms with van der Waals surface area (Å²) in [5, 5.41) is 9.07. The van der Waals surface area contributed by atoms with Crippen LogP contribution in [0.25, 0.3) is 11.0 Å². The van der Waals surface area contributed by atoms with Gasteiger partial charge in [0.15, 0.2) is 0 Å². The minimum atomic E-state index is -3.78. The van der Waals surface area contributed by atoms with Gasteiger partial charge in [-0.1, -0.05) is 0 Å². The van der Waals surface area contributed by atoms with Crippen LogP contribution < -0.4 is 5.69 Å². The van der Waals surface area contributed by atoms with Gasteiger partial charge < -0.3 is 15.1 Å². The number of carbonyl (C=O) groups is 1. The lowest BCUT2D eigenvalue weighted by atomic mass is 10.0. The van der Waals surface area contributed by atoms with Crippen molar-refractivity contribution in [3.8, 4) is 0 Å². The van der Waals surface area contributed by atoms with Gasteiger partial charge in [0.05, 0.1) is 21.8 Å². The van der Waals surface area contributed by atoms with Crippen molar-refractivity contribution in [1.29, 1.82) is 0 Å². The van der Waals surface area contributed by atoms with E-state index >= 15 is 0 Å². The number of nitrogens with zero attached hydrogens (tertiary/aromatic N) is 1. The number of sulfonamides is 1. The molecule has 0 spiro atoms. The molecule has 0 saturated carbocycles. The molecule has 3 rings (SSSR count). The molecule has 8 nitrogen and oxygen atoms in total.